The topological polar surface area (TPSA) is 18.5 Å². The van der Waals surface area contributed by atoms with Crippen LogP contribution in [-0.4, -0.2) is 13.7 Å². The molecular weight excluding hydrogens is 296 g/mol. The number of benzene rings is 1. The molecule has 0 fully saturated rings. The highest BCUT2D eigenvalue weighted by Crippen LogP contribution is 2.33. The van der Waals surface area contributed by atoms with Gasteiger partial charge in [0, 0.05) is 0 Å². The van der Waals surface area contributed by atoms with Gasteiger partial charge in [0.15, 0.2) is 0 Å². The van der Waals surface area contributed by atoms with Gasteiger partial charge in [-0.05, 0) is 67.9 Å². The molecule has 0 N–H and O–H groups in total. The Kier molecular flexibility index (Phi) is 7.75. The van der Waals surface area contributed by atoms with Crippen molar-refractivity contribution in [2.24, 2.45) is 5.41 Å². The van der Waals surface area contributed by atoms with Crippen molar-refractivity contribution >= 4 is 12.2 Å². The Balaban J connectivity index is 3.08. The van der Waals surface area contributed by atoms with Gasteiger partial charge in [0.1, 0.15) is 0 Å². The first kappa shape index (κ1) is 20.5. The van der Waals surface area contributed by atoms with Crippen LogP contribution in [0.3, 0.4) is 0 Å². The third kappa shape index (κ3) is 5.52. The molecule has 1 rings (SSSR count). The summed E-state index contributed by atoms with van der Waals surface area (Å²) >= 11 is 0. The van der Waals surface area contributed by atoms with Gasteiger partial charge in [0.25, 0.3) is 0 Å². The van der Waals surface area contributed by atoms with E-state index in [1.165, 1.54) is 11.1 Å². The van der Waals surface area contributed by atoms with Crippen LogP contribution in [0, 0.1) is 5.41 Å². The van der Waals surface area contributed by atoms with Crippen LogP contribution in [0.4, 0.5) is 0 Å². The standard InChI is InChI=1S/C22H34O2/c1-8-11-18-12-13-20(16-19(18)14-15-23-7)21(4,5)24-17-22(6,9-2)10-3/h8,11-16H,9-10,17H2,1-7H3/b11-8-,15-14+. The first-order valence-corrected chi connectivity index (χ1v) is 8.92. The van der Waals surface area contributed by atoms with E-state index >= 15 is 0 Å². The minimum Gasteiger partial charge on any atom is -0.504 e. The molecule has 0 atom stereocenters. The molecule has 0 aliphatic carbocycles. The average Bonchev–Trinajstić information content (AvgIpc) is 2.59. The predicted octanol–water partition coefficient (Wildman–Crippen LogP) is 6.41. The Morgan fingerprint density at radius 1 is 1.00 bits per heavy atom. The summed E-state index contributed by atoms with van der Waals surface area (Å²) in [5.41, 5.74) is 3.41. The lowest BCUT2D eigenvalue weighted by atomic mass is 9.85. The fraction of sp³-hybridized carbons (Fsp3) is 0.545. The van der Waals surface area contributed by atoms with Gasteiger partial charge in [0.05, 0.1) is 25.6 Å². The van der Waals surface area contributed by atoms with E-state index < -0.39 is 0 Å². The van der Waals surface area contributed by atoms with Crippen LogP contribution >= 0.6 is 0 Å². The highest BCUT2D eigenvalue weighted by atomic mass is 16.5. The SMILES string of the molecule is C/C=C\c1ccc(C(C)(C)OCC(C)(CC)CC)cc1/C=C/OC. The fourth-order valence-corrected chi connectivity index (χ4v) is 2.46. The normalized spacial score (nSPS) is 13.1. The van der Waals surface area contributed by atoms with Gasteiger partial charge in [-0.25, -0.2) is 0 Å². The van der Waals surface area contributed by atoms with Crippen LogP contribution in [0.15, 0.2) is 30.5 Å². The molecule has 24 heavy (non-hydrogen) atoms. The second-order valence-electron chi connectivity index (χ2n) is 7.20. The van der Waals surface area contributed by atoms with E-state index in [1.54, 1.807) is 13.4 Å². The molecule has 0 heterocycles. The molecule has 0 saturated heterocycles. The largest absolute Gasteiger partial charge is 0.504 e. The molecule has 0 saturated carbocycles. The van der Waals surface area contributed by atoms with Crippen molar-refractivity contribution in [3.63, 3.8) is 0 Å². The molecule has 0 radical (unpaired) electrons. The second-order valence-corrected chi connectivity index (χ2v) is 7.20. The molecule has 0 aliphatic heterocycles. The Bertz CT molecular complexity index is 563. The van der Waals surface area contributed by atoms with E-state index in [1.807, 2.05) is 13.0 Å². The average molecular weight is 331 g/mol. The molecular formula is C22H34O2. The maximum absolute atomic E-state index is 6.35. The van der Waals surface area contributed by atoms with Gasteiger partial charge >= 0.3 is 0 Å². The van der Waals surface area contributed by atoms with Gasteiger partial charge in [-0.3, -0.25) is 0 Å². The van der Waals surface area contributed by atoms with Crippen LogP contribution in [-0.2, 0) is 15.1 Å². The van der Waals surface area contributed by atoms with Gasteiger partial charge in [-0.15, -0.1) is 0 Å². The molecule has 0 aliphatic rings. The third-order valence-electron chi connectivity index (χ3n) is 5.00. The van der Waals surface area contributed by atoms with Crippen molar-refractivity contribution in [2.75, 3.05) is 13.7 Å². The molecule has 2 nitrogen and oxygen atoms in total. The van der Waals surface area contributed by atoms with Crippen molar-refractivity contribution in [2.45, 2.75) is 60.0 Å². The summed E-state index contributed by atoms with van der Waals surface area (Å²) in [7, 11) is 1.67. The Morgan fingerprint density at radius 3 is 2.21 bits per heavy atom. The molecule has 0 aromatic heterocycles. The van der Waals surface area contributed by atoms with E-state index in [2.05, 4.69) is 65.0 Å². The van der Waals surface area contributed by atoms with E-state index in [9.17, 15) is 0 Å². The highest BCUT2D eigenvalue weighted by Gasteiger charge is 2.27. The maximum Gasteiger partial charge on any atom is 0.0875 e. The van der Waals surface area contributed by atoms with Crippen LogP contribution in [0.2, 0.25) is 0 Å². The summed E-state index contributed by atoms with van der Waals surface area (Å²) < 4.78 is 11.4. The number of hydrogen-bond acceptors (Lipinski definition) is 2. The monoisotopic (exact) mass is 330 g/mol. The second kappa shape index (κ2) is 9.08. The Morgan fingerprint density at radius 2 is 1.67 bits per heavy atom. The van der Waals surface area contributed by atoms with E-state index in [0.29, 0.717) is 0 Å². The van der Waals surface area contributed by atoms with E-state index in [0.717, 1.165) is 25.0 Å². The van der Waals surface area contributed by atoms with Crippen molar-refractivity contribution < 1.29 is 9.47 Å². The zero-order valence-corrected chi connectivity index (χ0v) is 16.5. The van der Waals surface area contributed by atoms with Crippen LogP contribution in [0.5, 0.6) is 0 Å². The summed E-state index contributed by atoms with van der Waals surface area (Å²) in [5.74, 6) is 0. The van der Waals surface area contributed by atoms with Crippen molar-refractivity contribution in [1.82, 2.24) is 0 Å². The fourth-order valence-electron chi connectivity index (χ4n) is 2.46. The van der Waals surface area contributed by atoms with Gasteiger partial charge in [-0.1, -0.05) is 45.1 Å². The number of rotatable bonds is 9. The summed E-state index contributed by atoms with van der Waals surface area (Å²) in [6.07, 6.45) is 10.1. The minimum atomic E-state index is -0.324. The van der Waals surface area contributed by atoms with Crippen LogP contribution in [0.1, 0.15) is 71.1 Å². The lowest BCUT2D eigenvalue weighted by Crippen LogP contribution is -2.30. The van der Waals surface area contributed by atoms with Crippen LogP contribution in [0.25, 0.3) is 12.2 Å². The summed E-state index contributed by atoms with van der Waals surface area (Å²) in [6.45, 7) is 13.9. The van der Waals surface area contributed by atoms with Gasteiger partial charge in [-0.2, -0.15) is 0 Å². The molecule has 0 unspecified atom stereocenters. The predicted molar refractivity (Wildman–Crippen MR) is 105 cm³/mol. The van der Waals surface area contributed by atoms with Crippen LogP contribution < -0.4 is 0 Å². The molecule has 0 spiro atoms. The number of ether oxygens (including phenoxy) is 2. The Labute approximate surface area is 148 Å². The molecule has 134 valence electrons. The molecule has 2 heteroatoms. The number of allylic oxidation sites excluding steroid dienone is 1. The lowest BCUT2D eigenvalue weighted by Gasteiger charge is -2.33. The van der Waals surface area contributed by atoms with Crippen molar-refractivity contribution in [1.29, 1.82) is 0 Å². The number of methoxy groups -OCH3 is 1. The summed E-state index contributed by atoms with van der Waals surface area (Å²) in [5, 5.41) is 0. The van der Waals surface area contributed by atoms with Crippen molar-refractivity contribution in [3.05, 3.63) is 47.2 Å². The zero-order chi connectivity index (χ0) is 18.2. The Hall–Kier alpha value is -1.54. The quantitative estimate of drug-likeness (QED) is 0.487. The maximum atomic E-state index is 6.35. The van der Waals surface area contributed by atoms with E-state index in [4.69, 9.17) is 9.47 Å². The summed E-state index contributed by atoms with van der Waals surface area (Å²) in [6, 6.07) is 6.50. The van der Waals surface area contributed by atoms with Gasteiger partial charge < -0.3 is 9.47 Å². The van der Waals surface area contributed by atoms with Gasteiger partial charge in [0.2, 0.25) is 0 Å². The molecule has 0 amide bonds. The lowest BCUT2D eigenvalue weighted by molar-refractivity contribution is -0.0652. The molecule has 1 aromatic carbocycles. The zero-order valence-electron chi connectivity index (χ0n) is 16.5. The highest BCUT2D eigenvalue weighted by molar-refractivity contribution is 5.65. The minimum absolute atomic E-state index is 0.237. The molecule has 0 bridgehead atoms. The number of hydrogen-bond donors (Lipinski definition) is 0. The smallest absolute Gasteiger partial charge is 0.0875 e. The third-order valence-corrected chi connectivity index (χ3v) is 5.00. The molecule has 1 aromatic rings. The first-order chi connectivity index (χ1) is 11.3. The van der Waals surface area contributed by atoms with Crippen molar-refractivity contribution in [3.8, 4) is 0 Å². The first-order valence-electron chi connectivity index (χ1n) is 8.92. The van der Waals surface area contributed by atoms with E-state index in [-0.39, 0.29) is 11.0 Å². The summed E-state index contributed by atoms with van der Waals surface area (Å²) in [4.78, 5) is 0.